The van der Waals surface area contributed by atoms with E-state index in [1.807, 2.05) is 37.3 Å². The molecule has 0 aliphatic heterocycles. The molecule has 1 fully saturated rings. The highest BCUT2D eigenvalue weighted by Crippen LogP contribution is 2.34. The largest absolute Gasteiger partial charge is 0.451 e. The van der Waals surface area contributed by atoms with Crippen LogP contribution in [0.2, 0.25) is 0 Å². The van der Waals surface area contributed by atoms with E-state index in [2.05, 4.69) is 10.3 Å². The second kappa shape index (κ2) is 7.17. The first-order valence-corrected chi connectivity index (χ1v) is 10.2. The summed E-state index contributed by atoms with van der Waals surface area (Å²) in [5.41, 5.74) is 0.950. The first kappa shape index (κ1) is 17.2. The summed E-state index contributed by atoms with van der Waals surface area (Å²) < 4.78 is 6.25. The Kier molecular flexibility index (Phi) is 4.74. The third-order valence-corrected chi connectivity index (χ3v) is 6.63. The molecular weight excluding hydrogens is 368 g/mol. The number of fused-ring (bicyclic) bond motifs is 1. The lowest BCUT2D eigenvalue weighted by Gasteiger charge is -2.12. The number of para-hydroxylation sites is 1. The Morgan fingerprint density at radius 3 is 2.81 bits per heavy atom. The Hall–Kier alpha value is -2.25. The predicted octanol–water partition coefficient (Wildman–Crippen LogP) is 4.10. The first-order valence-electron chi connectivity index (χ1n) is 8.52. The summed E-state index contributed by atoms with van der Waals surface area (Å²) in [7, 11) is 0. The number of esters is 1. The number of benzene rings is 1. The summed E-state index contributed by atoms with van der Waals surface area (Å²) in [5, 5.41) is 3.75. The highest BCUT2D eigenvalue weighted by molar-refractivity contribution is 7.26. The molecule has 1 aliphatic rings. The maximum atomic E-state index is 12.2. The number of carbonyl (C=O) groups is 2. The second-order valence-corrected chi connectivity index (χ2v) is 8.53. The monoisotopic (exact) mass is 386 g/mol. The van der Waals surface area contributed by atoms with Crippen LogP contribution >= 0.6 is 22.7 Å². The zero-order valence-electron chi connectivity index (χ0n) is 14.2. The van der Waals surface area contributed by atoms with E-state index in [9.17, 15) is 9.59 Å². The quantitative estimate of drug-likeness (QED) is 0.648. The summed E-state index contributed by atoms with van der Waals surface area (Å²) in [4.78, 5) is 30.0. The minimum absolute atomic E-state index is 0.147. The number of thiophene rings is 1. The van der Waals surface area contributed by atoms with Gasteiger partial charge in [-0.3, -0.25) is 4.79 Å². The van der Waals surface area contributed by atoms with Crippen LogP contribution < -0.4 is 5.32 Å². The van der Waals surface area contributed by atoms with Crippen molar-refractivity contribution in [3.05, 3.63) is 41.3 Å². The van der Waals surface area contributed by atoms with Crippen molar-refractivity contribution in [3.8, 4) is 9.88 Å². The first-order chi connectivity index (χ1) is 12.6. The molecule has 1 aliphatic carbocycles. The van der Waals surface area contributed by atoms with Crippen LogP contribution in [-0.4, -0.2) is 29.5 Å². The summed E-state index contributed by atoms with van der Waals surface area (Å²) in [6, 6.07) is 11.7. The van der Waals surface area contributed by atoms with Gasteiger partial charge in [0, 0.05) is 6.04 Å². The molecule has 26 heavy (non-hydrogen) atoms. The Bertz CT molecular complexity index is 926. The van der Waals surface area contributed by atoms with Crippen molar-refractivity contribution in [2.24, 2.45) is 5.92 Å². The molecule has 4 rings (SSSR count). The van der Waals surface area contributed by atoms with E-state index in [0.29, 0.717) is 10.8 Å². The van der Waals surface area contributed by atoms with Crippen LogP contribution in [0.5, 0.6) is 0 Å². The molecule has 1 N–H and O–H groups in total. The van der Waals surface area contributed by atoms with Crippen molar-refractivity contribution < 1.29 is 14.3 Å². The maximum absolute atomic E-state index is 12.2. The van der Waals surface area contributed by atoms with E-state index in [1.165, 1.54) is 11.3 Å². The number of aromatic nitrogens is 1. The normalized spacial score (nSPS) is 15.0. The number of nitrogens with zero attached hydrogens (tertiary/aromatic N) is 1. The zero-order valence-corrected chi connectivity index (χ0v) is 15.9. The number of hydrogen-bond acceptors (Lipinski definition) is 6. The summed E-state index contributed by atoms with van der Waals surface area (Å²) in [6.45, 7) is 1.74. The average molecular weight is 386 g/mol. The highest BCUT2D eigenvalue weighted by Gasteiger charge is 2.29. The second-order valence-electron chi connectivity index (χ2n) is 6.42. The summed E-state index contributed by atoms with van der Waals surface area (Å²) in [6.07, 6.45) is 2.32. The molecule has 0 saturated heterocycles. The average Bonchev–Trinajstić information content (AvgIpc) is 3.21. The van der Waals surface area contributed by atoms with Gasteiger partial charge in [0.1, 0.15) is 9.88 Å². The van der Waals surface area contributed by atoms with Crippen molar-refractivity contribution in [1.29, 1.82) is 0 Å². The Morgan fingerprint density at radius 1 is 1.23 bits per heavy atom. The smallest absolute Gasteiger partial charge is 0.348 e. The van der Waals surface area contributed by atoms with Gasteiger partial charge in [0.15, 0.2) is 6.61 Å². The molecule has 3 aromatic rings. The molecule has 1 amide bonds. The van der Waals surface area contributed by atoms with Gasteiger partial charge >= 0.3 is 5.97 Å². The number of carbonyl (C=O) groups excluding carboxylic acids is 2. The van der Waals surface area contributed by atoms with Gasteiger partial charge in [-0.1, -0.05) is 12.1 Å². The maximum Gasteiger partial charge on any atom is 0.348 e. The third kappa shape index (κ3) is 3.78. The highest BCUT2D eigenvalue weighted by atomic mass is 32.1. The number of amides is 1. The van der Waals surface area contributed by atoms with Gasteiger partial charge in [0.2, 0.25) is 0 Å². The van der Waals surface area contributed by atoms with Crippen LogP contribution in [0.1, 0.15) is 29.4 Å². The van der Waals surface area contributed by atoms with Crippen molar-refractivity contribution in [2.45, 2.75) is 25.8 Å². The summed E-state index contributed by atoms with van der Waals surface area (Å²) in [5.74, 6) is -0.152. The fourth-order valence-corrected chi connectivity index (χ4v) is 4.67. The standard InChI is InChI=1S/C19H18N2O3S2/c1-11(12-6-7-12)20-17(22)10-24-19(23)16-9-8-15(25-16)18-21-13-4-2-3-5-14(13)26-18/h2-5,8-9,11-12H,6-7,10H2,1H3,(H,20,22)/t11-/m0/s1. The van der Waals surface area contributed by atoms with E-state index in [-0.39, 0.29) is 18.6 Å². The van der Waals surface area contributed by atoms with Gasteiger partial charge < -0.3 is 10.1 Å². The fourth-order valence-electron chi connectivity index (χ4n) is 2.75. The van der Waals surface area contributed by atoms with Crippen molar-refractivity contribution in [2.75, 3.05) is 6.61 Å². The molecular formula is C19H18N2O3S2. The lowest BCUT2D eigenvalue weighted by atomic mass is 10.2. The van der Waals surface area contributed by atoms with E-state index in [4.69, 9.17) is 4.74 Å². The number of nitrogens with one attached hydrogen (secondary N) is 1. The number of ether oxygens (including phenoxy) is 1. The molecule has 1 aromatic carbocycles. The van der Waals surface area contributed by atoms with Crippen molar-refractivity contribution in [1.82, 2.24) is 10.3 Å². The molecule has 0 bridgehead atoms. The fraction of sp³-hybridized carbons (Fsp3) is 0.316. The molecule has 0 radical (unpaired) electrons. The van der Waals surface area contributed by atoms with Crippen LogP contribution in [0.3, 0.4) is 0 Å². The van der Waals surface area contributed by atoms with E-state index < -0.39 is 5.97 Å². The topological polar surface area (TPSA) is 68.3 Å². The minimum atomic E-state index is -0.475. The van der Waals surface area contributed by atoms with Crippen molar-refractivity contribution >= 4 is 44.8 Å². The Morgan fingerprint density at radius 2 is 2.04 bits per heavy atom. The van der Waals surface area contributed by atoms with E-state index in [1.54, 1.807) is 17.4 Å². The third-order valence-electron chi connectivity index (χ3n) is 4.36. The van der Waals surface area contributed by atoms with E-state index in [0.717, 1.165) is 32.9 Å². The van der Waals surface area contributed by atoms with Crippen LogP contribution in [-0.2, 0) is 9.53 Å². The minimum Gasteiger partial charge on any atom is -0.451 e. The van der Waals surface area contributed by atoms with Crippen LogP contribution in [0.25, 0.3) is 20.1 Å². The van der Waals surface area contributed by atoms with Gasteiger partial charge in [0.25, 0.3) is 5.91 Å². The lowest BCUT2D eigenvalue weighted by molar-refractivity contribution is -0.124. The number of rotatable bonds is 6. The zero-order chi connectivity index (χ0) is 18.1. The van der Waals surface area contributed by atoms with Gasteiger partial charge in [-0.15, -0.1) is 22.7 Å². The molecule has 0 unspecified atom stereocenters. The number of thiazole rings is 1. The van der Waals surface area contributed by atoms with Crippen LogP contribution in [0.15, 0.2) is 36.4 Å². The van der Waals surface area contributed by atoms with Crippen LogP contribution in [0.4, 0.5) is 0 Å². The van der Waals surface area contributed by atoms with Crippen LogP contribution in [0, 0.1) is 5.92 Å². The van der Waals surface area contributed by atoms with Crippen molar-refractivity contribution in [3.63, 3.8) is 0 Å². The molecule has 0 spiro atoms. The summed E-state index contributed by atoms with van der Waals surface area (Å²) >= 11 is 2.92. The molecule has 2 aromatic heterocycles. The van der Waals surface area contributed by atoms with Gasteiger partial charge in [-0.05, 0) is 49.9 Å². The van der Waals surface area contributed by atoms with Gasteiger partial charge in [0.05, 0.1) is 15.1 Å². The van der Waals surface area contributed by atoms with E-state index >= 15 is 0 Å². The molecule has 1 atom stereocenters. The SMILES string of the molecule is C[C@H](NC(=O)COC(=O)c1ccc(-c2nc3ccccc3s2)s1)C1CC1. The van der Waals surface area contributed by atoms with Gasteiger partial charge in [-0.2, -0.15) is 0 Å². The molecule has 5 nitrogen and oxygen atoms in total. The predicted molar refractivity (Wildman–Crippen MR) is 104 cm³/mol. The van der Waals surface area contributed by atoms with Gasteiger partial charge in [-0.25, -0.2) is 9.78 Å². The Labute approximate surface area is 159 Å². The molecule has 1 saturated carbocycles. The molecule has 7 heteroatoms. The lowest BCUT2D eigenvalue weighted by Crippen LogP contribution is -2.37. The number of hydrogen-bond donors (Lipinski definition) is 1. The molecule has 2 heterocycles. The Balaban J connectivity index is 1.37. The molecule has 134 valence electrons.